The molecule has 12 heavy (non-hydrogen) atoms. The Morgan fingerprint density at radius 1 is 1.50 bits per heavy atom. The van der Waals surface area contributed by atoms with Crippen molar-refractivity contribution in [3.63, 3.8) is 0 Å². The summed E-state index contributed by atoms with van der Waals surface area (Å²) in [6, 6.07) is 1.98. The zero-order valence-electron chi connectivity index (χ0n) is 8.07. The SMILES string of the molecule is CC.N#CC1=C([NH-])CCNC1.[K+]. The molecule has 0 bridgehead atoms. The van der Waals surface area contributed by atoms with Crippen molar-refractivity contribution in [1.29, 1.82) is 5.26 Å². The largest absolute Gasteiger partial charge is 1.00 e. The second-order valence-corrected chi connectivity index (χ2v) is 2.00. The standard InChI is InChI=1S/C6H8N3.C2H6.K/c7-3-5-4-9-2-1-6(5)8;1-2;/h8-9H,1-2,4H2;1-2H3;/q-1;;+1. The number of hydrogen-bond acceptors (Lipinski definition) is 2. The van der Waals surface area contributed by atoms with Gasteiger partial charge < -0.3 is 11.1 Å². The molecule has 3 nitrogen and oxygen atoms in total. The van der Waals surface area contributed by atoms with Gasteiger partial charge in [-0.3, -0.25) is 0 Å². The van der Waals surface area contributed by atoms with Gasteiger partial charge in [-0.1, -0.05) is 13.8 Å². The van der Waals surface area contributed by atoms with Gasteiger partial charge in [0.15, 0.2) is 0 Å². The zero-order chi connectivity index (χ0) is 8.69. The van der Waals surface area contributed by atoms with E-state index in [1.165, 1.54) is 0 Å². The van der Waals surface area contributed by atoms with Gasteiger partial charge in [0.1, 0.15) is 0 Å². The van der Waals surface area contributed by atoms with E-state index in [1.54, 1.807) is 0 Å². The molecule has 0 aromatic carbocycles. The van der Waals surface area contributed by atoms with Crippen LogP contribution in [0.4, 0.5) is 0 Å². The van der Waals surface area contributed by atoms with Crippen LogP contribution >= 0.6 is 0 Å². The number of nitriles is 1. The average molecular weight is 191 g/mol. The van der Waals surface area contributed by atoms with E-state index in [1.807, 2.05) is 19.9 Å². The third-order valence-electron chi connectivity index (χ3n) is 1.35. The Hall–Kier alpha value is 0.626. The minimum Gasteiger partial charge on any atom is -0.701 e. The molecular formula is C8H14KN3. The van der Waals surface area contributed by atoms with Crippen molar-refractivity contribution >= 4 is 0 Å². The normalized spacial score (nSPS) is 15.1. The fraction of sp³-hybridized carbons (Fsp3) is 0.625. The molecule has 0 saturated carbocycles. The van der Waals surface area contributed by atoms with E-state index >= 15 is 0 Å². The first-order valence-corrected chi connectivity index (χ1v) is 3.89. The Labute approximate surface area is 117 Å². The summed E-state index contributed by atoms with van der Waals surface area (Å²) in [4.78, 5) is 0. The molecule has 1 rings (SSSR count). The number of rotatable bonds is 0. The van der Waals surface area contributed by atoms with Crippen LogP contribution < -0.4 is 56.7 Å². The predicted molar refractivity (Wildman–Crippen MR) is 45.8 cm³/mol. The maximum absolute atomic E-state index is 8.39. The molecule has 62 valence electrons. The van der Waals surface area contributed by atoms with E-state index in [9.17, 15) is 0 Å². The van der Waals surface area contributed by atoms with Gasteiger partial charge in [-0.25, -0.2) is 0 Å². The summed E-state index contributed by atoms with van der Waals surface area (Å²) in [5.41, 5.74) is 8.33. The van der Waals surface area contributed by atoms with E-state index in [2.05, 4.69) is 5.32 Å². The number of nitrogens with one attached hydrogen (secondary N) is 2. The maximum atomic E-state index is 8.39. The fourth-order valence-corrected chi connectivity index (χ4v) is 0.791. The van der Waals surface area contributed by atoms with Gasteiger partial charge >= 0.3 is 51.4 Å². The first kappa shape index (κ1) is 15.1. The summed E-state index contributed by atoms with van der Waals surface area (Å²) >= 11 is 0. The van der Waals surface area contributed by atoms with E-state index in [-0.39, 0.29) is 51.4 Å². The van der Waals surface area contributed by atoms with Crippen LogP contribution in [-0.4, -0.2) is 13.1 Å². The predicted octanol–water partition coefficient (Wildman–Crippen LogP) is -1.16. The fourth-order valence-electron chi connectivity index (χ4n) is 0.791. The van der Waals surface area contributed by atoms with Crippen molar-refractivity contribution < 1.29 is 51.4 Å². The van der Waals surface area contributed by atoms with Crippen molar-refractivity contribution in [3.8, 4) is 6.07 Å². The molecule has 0 amide bonds. The molecule has 0 saturated heterocycles. The van der Waals surface area contributed by atoms with Crippen molar-refractivity contribution in [2.75, 3.05) is 13.1 Å². The Morgan fingerprint density at radius 3 is 2.42 bits per heavy atom. The molecule has 1 aliphatic heterocycles. The number of nitrogens with zero attached hydrogens (tertiary/aromatic N) is 1. The van der Waals surface area contributed by atoms with E-state index < -0.39 is 0 Å². The molecule has 1 aliphatic rings. The van der Waals surface area contributed by atoms with Gasteiger partial charge in [0.25, 0.3) is 0 Å². The Balaban J connectivity index is 0. The molecule has 1 heterocycles. The summed E-state index contributed by atoms with van der Waals surface area (Å²) in [6.07, 6.45) is 0.697. The molecular weight excluding hydrogens is 177 g/mol. The van der Waals surface area contributed by atoms with Crippen molar-refractivity contribution in [2.24, 2.45) is 0 Å². The molecule has 0 aromatic rings. The summed E-state index contributed by atoms with van der Waals surface area (Å²) in [6.45, 7) is 5.42. The Bertz CT molecular complexity index is 181. The number of hydrogen-bond donors (Lipinski definition) is 1. The van der Waals surface area contributed by atoms with Crippen LogP contribution in [0.5, 0.6) is 0 Å². The molecule has 0 radical (unpaired) electrons. The van der Waals surface area contributed by atoms with Crippen LogP contribution in [0.1, 0.15) is 20.3 Å². The molecule has 4 heteroatoms. The molecule has 0 atom stereocenters. The second-order valence-electron chi connectivity index (χ2n) is 2.00. The molecule has 0 spiro atoms. The van der Waals surface area contributed by atoms with Gasteiger partial charge in [0.05, 0.1) is 6.07 Å². The third kappa shape index (κ3) is 5.30. The molecule has 0 fully saturated rings. The van der Waals surface area contributed by atoms with Gasteiger partial charge in [0.2, 0.25) is 0 Å². The molecule has 0 aromatic heterocycles. The van der Waals surface area contributed by atoms with Crippen molar-refractivity contribution in [3.05, 3.63) is 17.0 Å². The van der Waals surface area contributed by atoms with E-state index in [0.29, 0.717) is 24.2 Å². The van der Waals surface area contributed by atoms with Crippen molar-refractivity contribution in [2.45, 2.75) is 20.3 Å². The molecule has 0 unspecified atom stereocenters. The second kappa shape index (κ2) is 9.71. The van der Waals surface area contributed by atoms with Crippen LogP contribution in [0.2, 0.25) is 0 Å². The van der Waals surface area contributed by atoms with Gasteiger partial charge in [-0.2, -0.15) is 5.26 Å². The molecule has 2 N–H and O–H groups in total. The van der Waals surface area contributed by atoms with Crippen LogP contribution in [0.25, 0.3) is 5.73 Å². The van der Waals surface area contributed by atoms with Crippen LogP contribution in [0.15, 0.2) is 11.3 Å². The summed E-state index contributed by atoms with van der Waals surface area (Å²) in [5, 5.41) is 11.4. The van der Waals surface area contributed by atoms with Crippen LogP contribution in [0.3, 0.4) is 0 Å². The third-order valence-corrected chi connectivity index (χ3v) is 1.35. The van der Waals surface area contributed by atoms with E-state index in [4.69, 9.17) is 11.0 Å². The first-order valence-electron chi connectivity index (χ1n) is 3.89. The minimum atomic E-state index is 0. The summed E-state index contributed by atoms with van der Waals surface area (Å²) < 4.78 is 0. The van der Waals surface area contributed by atoms with Crippen LogP contribution in [0, 0.1) is 11.3 Å². The van der Waals surface area contributed by atoms with Gasteiger partial charge in [-0.05, 0) is 13.0 Å². The van der Waals surface area contributed by atoms with Crippen molar-refractivity contribution in [1.82, 2.24) is 5.32 Å². The van der Waals surface area contributed by atoms with Crippen LogP contribution in [-0.2, 0) is 0 Å². The first-order chi connectivity index (χ1) is 5.34. The Kier molecular flexibility index (Phi) is 12.2. The van der Waals surface area contributed by atoms with E-state index in [0.717, 1.165) is 6.54 Å². The average Bonchev–Trinajstić information content (AvgIpc) is 2.09. The minimum absolute atomic E-state index is 0. The monoisotopic (exact) mass is 191 g/mol. The summed E-state index contributed by atoms with van der Waals surface area (Å²) in [5.74, 6) is 0. The van der Waals surface area contributed by atoms with Gasteiger partial charge in [0, 0.05) is 12.1 Å². The van der Waals surface area contributed by atoms with Gasteiger partial charge in [-0.15, -0.1) is 5.70 Å². The topological polar surface area (TPSA) is 59.6 Å². The summed E-state index contributed by atoms with van der Waals surface area (Å²) in [7, 11) is 0. The quantitative estimate of drug-likeness (QED) is 0.491. The maximum Gasteiger partial charge on any atom is 1.00 e. The zero-order valence-corrected chi connectivity index (χ0v) is 11.2. The molecule has 0 aliphatic carbocycles. The smallest absolute Gasteiger partial charge is 0.701 e. The Morgan fingerprint density at radius 2 is 2.08 bits per heavy atom.